The Morgan fingerprint density at radius 1 is 0.615 bits per heavy atom. The van der Waals surface area contributed by atoms with E-state index in [0.29, 0.717) is 10.8 Å². The molecule has 52 heavy (non-hydrogen) atoms. The minimum Gasteiger partial charge on any atom is -0.209 e. The van der Waals surface area contributed by atoms with Gasteiger partial charge in [0.15, 0.2) is 17.5 Å². The predicted octanol–water partition coefficient (Wildman–Crippen LogP) is 12.3. The fraction of sp³-hybridized carbons (Fsp3) is 0.312. The smallest absolute Gasteiger partial charge is 0.164 e. The van der Waals surface area contributed by atoms with E-state index in [-0.39, 0.29) is 7.92 Å². The zero-order valence-electron chi connectivity index (χ0n) is 31.8. The quantitative estimate of drug-likeness (QED) is 0.172. The molecule has 264 valence electrons. The van der Waals surface area contributed by atoms with Crippen LogP contribution in [0.4, 0.5) is 0 Å². The van der Waals surface area contributed by atoms with Gasteiger partial charge in [-0.2, -0.15) is 0 Å². The Morgan fingerprint density at radius 3 is 2.10 bits per heavy atom. The monoisotopic (exact) mass is 701 g/mol. The summed E-state index contributed by atoms with van der Waals surface area (Å²) in [7, 11) is -0.257. The van der Waals surface area contributed by atoms with Crippen molar-refractivity contribution in [3.8, 4) is 11.4 Å². The van der Waals surface area contributed by atoms with Gasteiger partial charge in [0, 0.05) is 11.1 Å². The van der Waals surface area contributed by atoms with Crippen molar-refractivity contribution in [2.75, 3.05) is 12.3 Å². The number of hydrogen-bond donors (Lipinski definition) is 0. The van der Waals surface area contributed by atoms with E-state index >= 15 is 0 Å². The van der Waals surface area contributed by atoms with Gasteiger partial charge in [0.05, 0.1) is 0 Å². The molecule has 7 rings (SSSR count). The lowest BCUT2D eigenvalue weighted by Gasteiger charge is -2.32. The van der Waals surface area contributed by atoms with Crippen LogP contribution in [0.2, 0.25) is 0 Å². The van der Waals surface area contributed by atoms with Gasteiger partial charge in [-0.15, -0.1) is 0 Å². The first-order chi connectivity index (χ1) is 25.0. The Labute approximate surface area is 312 Å². The number of allylic oxidation sites excluding steroid dienone is 11. The summed E-state index contributed by atoms with van der Waals surface area (Å²) in [5, 5.41) is 1.51. The van der Waals surface area contributed by atoms with E-state index < -0.39 is 0 Å². The molecule has 1 heterocycles. The van der Waals surface area contributed by atoms with E-state index in [1.165, 1.54) is 51.0 Å². The third kappa shape index (κ3) is 8.76. The van der Waals surface area contributed by atoms with Crippen molar-refractivity contribution in [2.24, 2.45) is 10.8 Å². The average molecular weight is 702 g/mol. The van der Waals surface area contributed by atoms with Crippen molar-refractivity contribution in [3.05, 3.63) is 155 Å². The van der Waals surface area contributed by atoms with Crippen molar-refractivity contribution < 1.29 is 0 Å². The van der Waals surface area contributed by atoms with Gasteiger partial charge >= 0.3 is 0 Å². The minimum absolute atomic E-state index is 0.257. The standard InChI is InChI=1S/C48H52N3P/c1-47(2,3)32-52(33-48(4,5)6)41-22-13-21-40(31-41)35-19-12-18-34(25-26-35)36-27-29-39(30-28-36)45-49-44(38-16-8-7-9-17-38)50-46(51-45)43-24-14-20-37-15-10-11-23-42(37)43/h7-8,10-13,15-16,19,21-31H,9,14,17-18,20,32-33H2,1-6H3. The molecular weight excluding hydrogens is 650 g/mol. The third-order valence-electron chi connectivity index (χ3n) is 9.74. The van der Waals surface area contributed by atoms with Gasteiger partial charge in [-0.3, -0.25) is 0 Å². The SMILES string of the molecule is CC(C)(C)CP(CC(C)(C)C)c1cccc(C2=CC=C(c3ccc(-c4nc(C5=CC=CCC5)nc(C5=CCCc6ccccc65)n4)cc3)CC=C2)c1. The van der Waals surface area contributed by atoms with Crippen LogP contribution in [0.5, 0.6) is 0 Å². The molecule has 0 aliphatic heterocycles. The van der Waals surface area contributed by atoms with Crippen LogP contribution in [0.3, 0.4) is 0 Å². The first-order valence-corrected chi connectivity index (χ1v) is 20.6. The highest BCUT2D eigenvalue weighted by atomic mass is 31.1. The summed E-state index contributed by atoms with van der Waals surface area (Å²) >= 11 is 0. The number of rotatable bonds is 8. The molecule has 4 aromatic rings. The number of benzene rings is 3. The van der Waals surface area contributed by atoms with Gasteiger partial charge in [-0.1, -0.05) is 165 Å². The highest BCUT2D eigenvalue weighted by molar-refractivity contribution is 7.65. The van der Waals surface area contributed by atoms with Crippen LogP contribution in [-0.2, 0) is 6.42 Å². The minimum atomic E-state index is -0.257. The van der Waals surface area contributed by atoms with Gasteiger partial charge in [0.2, 0.25) is 0 Å². The third-order valence-corrected chi connectivity index (χ3v) is 13.4. The summed E-state index contributed by atoms with van der Waals surface area (Å²) in [5.41, 5.74) is 11.6. The second-order valence-corrected chi connectivity index (χ2v) is 19.0. The maximum atomic E-state index is 5.11. The molecule has 3 aliphatic carbocycles. The first-order valence-electron chi connectivity index (χ1n) is 18.9. The van der Waals surface area contributed by atoms with Gasteiger partial charge in [-0.25, -0.2) is 15.0 Å². The molecule has 4 heteroatoms. The summed E-state index contributed by atoms with van der Waals surface area (Å²) in [5.74, 6) is 2.26. The normalized spacial score (nSPS) is 16.1. The lowest BCUT2D eigenvalue weighted by atomic mass is 9.90. The lowest BCUT2D eigenvalue weighted by molar-refractivity contribution is 0.460. The molecule has 0 atom stereocenters. The molecule has 3 nitrogen and oxygen atoms in total. The average Bonchev–Trinajstić information content (AvgIpc) is 3.40. The maximum absolute atomic E-state index is 5.11. The first kappa shape index (κ1) is 35.9. The number of hydrogen-bond acceptors (Lipinski definition) is 3. The number of aromatic nitrogens is 3. The summed E-state index contributed by atoms with van der Waals surface area (Å²) in [6.07, 6.45) is 25.3. The van der Waals surface area contributed by atoms with E-state index in [9.17, 15) is 0 Å². The summed E-state index contributed by atoms with van der Waals surface area (Å²) in [4.78, 5) is 15.2. The van der Waals surface area contributed by atoms with Gasteiger partial charge in [0.1, 0.15) is 0 Å². The zero-order valence-corrected chi connectivity index (χ0v) is 32.7. The second-order valence-electron chi connectivity index (χ2n) is 16.8. The Hall–Kier alpha value is -4.46. The fourth-order valence-corrected chi connectivity index (χ4v) is 10.8. The maximum Gasteiger partial charge on any atom is 0.164 e. The summed E-state index contributed by atoms with van der Waals surface area (Å²) in [6.45, 7) is 14.3. The van der Waals surface area contributed by atoms with Gasteiger partial charge < -0.3 is 0 Å². The summed E-state index contributed by atoms with van der Waals surface area (Å²) < 4.78 is 0. The van der Waals surface area contributed by atoms with Crippen LogP contribution < -0.4 is 5.30 Å². The molecule has 1 aromatic heterocycles. The Bertz CT molecular complexity index is 2110. The van der Waals surface area contributed by atoms with Crippen molar-refractivity contribution >= 4 is 35.5 Å². The fourth-order valence-electron chi connectivity index (χ4n) is 7.39. The molecule has 0 N–H and O–H groups in total. The number of fused-ring (bicyclic) bond motifs is 1. The lowest BCUT2D eigenvalue weighted by Crippen LogP contribution is -2.22. The van der Waals surface area contributed by atoms with Crippen LogP contribution in [0, 0.1) is 10.8 Å². The van der Waals surface area contributed by atoms with Crippen molar-refractivity contribution in [3.63, 3.8) is 0 Å². The molecule has 0 radical (unpaired) electrons. The zero-order chi connectivity index (χ0) is 36.3. The van der Waals surface area contributed by atoms with Crippen LogP contribution in [-0.4, -0.2) is 27.3 Å². The van der Waals surface area contributed by atoms with Crippen LogP contribution in [0.1, 0.15) is 101 Å². The topological polar surface area (TPSA) is 38.7 Å². The molecule has 3 aromatic carbocycles. The molecule has 0 saturated heterocycles. The highest BCUT2D eigenvalue weighted by Crippen LogP contribution is 2.46. The Kier molecular flexibility index (Phi) is 10.5. The molecule has 0 fully saturated rings. The second kappa shape index (κ2) is 15.3. The number of aryl methyl sites for hydroxylation is 1. The largest absolute Gasteiger partial charge is 0.209 e. The van der Waals surface area contributed by atoms with Gasteiger partial charge in [-0.05, 0) is 106 Å². The number of nitrogens with zero attached hydrogens (tertiary/aromatic N) is 3. The molecular formula is C48H52N3P. The molecule has 0 bridgehead atoms. The predicted molar refractivity (Wildman–Crippen MR) is 225 cm³/mol. The van der Waals surface area contributed by atoms with E-state index in [0.717, 1.165) is 66.3 Å². The molecule has 0 amide bonds. The van der Waals surface area contributed by atoms with E-state index in [1.807, 2.05) is 0 Å². The van der Waals surface area contributed by atoms with Crippen molar-refractivity contribution in [1.82, 2.24) is 15.0 Å². The van der Waals surface area contributed by atoms with E-state index in [2.05, 4.69) is 163 Å². The molecule has 0 saturated carbocycles. The van der Waals surface area contributed by atoms with Gasteiger partial charge in [0.25, 0.3) is 0 Å². The summed E-state index contributed by atoms with van der Waals surface area (Å²) in [6, 6.07) is 26.8. The molecule has 0 spiro atoms. The molecule has 0 unspecified atom stereocenters. The van der Waals surface area contributed by atoms with E-state index in [1.54, 1.807) is 0 Å². The Morgan fingerprint density at radius 2 is 1.35 bits per heavy atom. The van der Waals surface area contributed by atoms with E-state index in [4.69, 9.17) is 15.0 Å². The van der Waals surface area contributed by atoms with Crippen molar-refractivity contribution in [2.45, 2.75) is 73.6 Å². The van der Waals surface area contributed by atoms with Crippen LogP contribution in [0.25, 0.3) is 33.7 Å². The molecule has 3 aliphatic rings. The van der Waals surface area contributed by atoms with Crippen molar-refractivity contribution in [1.29, 1.82) is 0 Å². The van der Waals surface area contributed by atoms with Crippen LogP contribution >= 0.6 is 7.92 Å². The highest BCUT2D eigenvalue weighted by Gasteiger charge is 2.25. The van der Waals surface area contributed by atoms with Crippen LogP contribution in [0.15, 0.2) is 121 Å². The Balaban J connectivity index is 1.17.